The zero-order valence-electron chi connectivity index (χ0n) is 9.15. The van der Waals surface area contributed by atoms with Crippen molar-refractivity contribution in [3.05, 3.63) is 28.3 Å². The summed E-state index contributed by atoms with van der Waals surface area (Å²) in [6, 6.07) is 3.58. The predicted octanol–water partition coefficient (Wildman–Crippen LogP) is 3.10. The Morgan fingerprint density at radius 2 is 2.07 bits per heavy atom. The van der Waals surface area contributed by atoms with Crippen LogP contribution in [-0.2, 0) is 0 Å². The average molecular weight is 227 g/mol. The molecule has 2 amide bonds. The molecule has 0 aliphatic carbocycles. The first-order valence-electron chi connectivity index (χ1n) is 4.86. The summed E-state index contributed by atoms with van der Waals surface area (Å²) in [5, 5.41) is 5.95. The van der Waals surface area contributed by atoms with Crippen molar-refractivity contribution in [2.45, 2.75) is 20.8 Å². The Balaban J connectivity index is 2.90. The molecule has 2 N–H and O–H groups in total. The van der Waals surface area contributed by atoms with Crippen LogP contribution < -0.4 is 10.6 Å². The maximum Gasteiger partial charge on any atom is 0.319 e. The molecule has 15 heavy (non-hydrogen) atoms. The highest BCUT2D eigenvalue weighted by atomic mass is 35.5. The van der Waals surface area contributed by atoms with Crippen LogP contribution in [-0.4, -0.2) is 12.6 Å². The van der Waals surface area contributed by atoms with Crippen molar-refractivity contribution in [1.82, 2.24) is 5.32 Å². The van der Waals surface area contributed by atoms with Crippen LogP contribution >= 0.6 is 11.6 Å². The molecule has 0 atom stereocenters. The Labute approximate surface area is 94.8 Å². The molecule has 0 aliphatic heterocycles. The first-order chi connectivity index (χ1) is 7.04. The molecule has 0 bridgehead atoms. The molecule has 0 spiro atoms. The zero-order valence-corrected chi connectivity index (χ0v) is 9.90. The van der Waals surface area contributed by atoms with Crippen LogP contribution in [0.2, 0.25) is 5.02 Å². The molecule has 4 heteroatoms. The highest BCUT2D eigenvalue weighted by molar-refractivity contribution is 6.34. The van der Waals surface area contributed by atoms with Gasteiger partial charge in [0.1, 0.15) is 0 Å². The fourth-order valence-electron chi connectivity index (χ4n) is 1.39. The number of carbonyl (C=O) groups excluding carboxylic acids is 1. The van der Waals surface area contributed by atoms with Gasteiger partial charge in [0.05, 0.1) is 10.7 Å². The number of amides is 2. The third-order valence-corrected chi connectivity index (χ3v) is 2.31. The molecule has 3 nitrogen and oxygen atoms in total. The van der Waals surface area contributed by atoms with Gasteiger partial charge in [-0.1, -0.05) is 17.7 Å². The summed E-state index contributed by atoms with van der Waals surface area (Å²) in [6.07, 6.45) is 0. The molecule has 0 heterocycles. The number of hydrogen-bond donors (Lipinski definition) is 2. The van der Waals surface area contributed by atoms with Crippen LogP contribution in [0.4, 0.5) is 10.5 Å². The molecule has 0 radical (unpaired) electrons. The minimum atomic E-state index is -0.230. The van der Waals surface area contributed by atoms with Gasteiger partial charge in [-0.05, 0) is 38.0 Å². The number of urea groups is 1. The summed E-state index contributed by atoms with van der Waals surface area (Å²) in [7, 11) is 0. The van der Waals surface area contributed by atoms with E-state index in [0.717, 1.165) is 11.1 Å². The number of carbonyl (C=O) groups is 1. The van der Waals surface area contributed by atoms with E-state index in [1.54, 1.807) is 0 Å². The maximum absolute atomic E-state index is 11.3. The SMILES string of the molecule is CCNC(=O)Nc1c(C)cc(C)cc1Cl. The van der Waals surface area contributed by atoms with Crippen LogP contribution in [0.1, 0.15) is 18.1 Å². The molecule has 0 saturated carbocycles. The third kappa shape index (κ3) is 3.13. The van der Waals surface area contributed by atoms with Crippen LogP contribution in [0.5, 0.6) is 0 Å². The molecular formula is C11H15ClN2O. The van der Waals surface area contributed by atoms with Crippen molar-refractivity contribution in [1.29, 1.82) is 0 Å². The quantitative estimate of drug-likeness (QED) is 0.800. The van der Waals surface area contributed by atoms with Crippen LogP contribution in [0, 0.1) is 13.8 Å². The number of anilines is 1. The number of rotatable bonds is 2. The van der Waals surface area contributed by atoms with Gasteiger partial charge in [0.25, 0.3) is 0 Å². The Morgan fingerprint density at radius 3 is 2.60 bits per heavy atom. The summed E-state index contributed by atoms with van der Waals surface area (Å²) in [6.45, 7) is 6.34. The summed E-state index contributed by atoms with van der Waals surface area (Å²) in [5.41, 5.74) is 2.72. The Hall–Kier alpha value is -1.22. The molecule has 0 aromatic heterocycles. The lowest BCUT2D eigenvalue weighted by atomic mass is 10.1. The van der Waals surface area contributed by atoms with E-state index >= 15 is 0 Å². The molecule has 0 saturated heterocycles. The number of nitrogens with one attached hydrogen (secondary N) is 2. The Morgan fingerprint density at radius 1 is 1.40 bits per heavy atom. The van der Waals surface area contributed by atoms with Gasteiger partial charge in [0.2, 0.25) is 0 Å². The van der Waals surface area contributed by atoms with E-state index < -0.39 is 0 Å². The van der Waals surface area contributed by atoms with Crippen molar-refractivity contribution in [3.63, 3.8) is 0 Å². The van der Waals surface area contributed by atoms with E-state index in [-0.39, 0.29) is 6.03 Å². The first kappa shape index (κ1) is 11.9. The van der Waals surface area contributed by atoms with Gasteiger partial charge in [-0.3, -0.25) is 0 Å². The highest BCUT2D eigenvalue weighted by Gasteiger charge is 2.08. The van der Waals surface area contributed by atoms with Crippen LogP contribution in [0.15, 0.2) is 12.1 Å². The molecule has 1 rings (SSSR count). The van der Waals surface area contributed by atoms with Crippen LogP contribution in [0.25, 0.3) is 0 Å². The van der Waals surface area contributed by atoms with Gasteiger partial charge in [-0.25, -0.2) is 4.79 Å². The lowest BCUT2D eigenvalue weighted by Gasteiger charge is -2.11. The lowest BCUT2D eigenvalue weighted by Crippen LogP contribution is -2.28. The van der Waals surface area contributed by atoms with Gasteiger partial charge in [0.15, 0.2) is 0 Å². The first-order valence-corrected chi connectivity index (χ1v) is 5.24. The van der Waals surface area contributed by atoms with Gasteiger partial charge in [-0.15, -0.1) is 0 Å². The second-order valence-corrected chi connectivity index (χ2v) is 3.83. The monoisotopic (exact) mass is 226 g/mol. The average Bonchev–Trinajstić information content (AvgIpc) is 2.11. The number of hydrogen-bond acceptors (Lipinski definition) is 1. The molecule has 0 fully saturated rings. The smallest absolute Gasteiger partial charge is 0.319 e. The third-order valence-electron chi connectivity index (χ3n) is 2.01. The normalized spacial score (nSPS) is 9.87. The molecule has 0 unspecified atom stereocenters. The predicted molar refractivity (Wildman–Crippen MR) is 63.6 cm³/mol. The van der Waals surface area contributed by atoms with E-state index in [1.165, 1.54) is 0 Å². The maximum atomic E-state index is 11.3. The largest absolute Gasteiger partial charge is 0.338 e. The van der Waals surface area contributed by atoms with Crippen molar-refractivity contribution >= 4 is 23.3 Å². The Bertz CT molecular complexity index is 354. The van der Waals surface area contributed by atoms with E-state index in [4.69, 9.17) is 11.6 Å². The second-order valence-electron chi connectivity index (χ2n) is 3.42. The summed E-state index contributed by atoms with van der Waals surface area (Å²) in [4.78, 5) is 11.3. The molecule has 1 aromatic carbocycles. The van der Waals surface area contributed by atoms with Crippen molar-refractivity contribution in [3.8, 4) is 0 Å². The van der Waals surface area contributed by atoms with Gasteiger partial charge >= 0.3 is 6.03 Å². The standard InChI is InChI=1S/C11H15ClN2O/c1-4-13-11(15)14-10-8(3)5-7(2)6-9(10)12/h5-6H,4H2,1-3H3,(H2,13,14,15). The fraction of sp³-hybridized carbons (Fsp3) is 0.364. The summed E-state index contributed by atoms with van der Waals surface area (Å²) in [5.74, 6) is 0. The summed E-state index contributed by atoms with van der Waals surface area (Å²) < 4.78 is 0. The van der Waals surface area contributed by atoms with Gasteiger partial charge < -0.3 is 10.6 Å². The highest BCUT2D eigenvalue weighted by Crippen LogP contribution is 2.27. The second kappa shape index (κ2) is 5.03. The van der Waals surface area contributed by atoms with E-state index in [0.29, 0.717) is 17.3 Å². The van der Waals surface area contributed by atoms with Gasteiger partial charge in [-0.2, -0.15) is 0 Å². The lowest BCUT2D eigenvalue weighted by molar-refractivity contribution is 0.252. The molecule has 1 aromatic rings. The van der Waals surface area contributed by atoms with E-state index in [2.05, 4.69) is 10.6 Å². The topological polar surface area (TPSA) is 41.1 Å². The van der Waals surface area contributed by atoms with Crippen molar-refractivity contribution < 1.29 is 4.79 Å². The number of halogens is 1. The Kier molecular flexibility index (Phi) is 3.97. The number of benzene rings is 1. The van der Waals surface area contributed by atoms with E-state index in [1.807, 2.05) is 32.9 Å². The fourth-order valence-corrected chi connectivity index (χ4v) is 1.76. The van der Waals surface area contributed by atoms with Crippen molar-refractivity contribution in [2.24, 2.45) is 0 Å². The molecular weight excluding hydrogens is 212 g/mol. The van der Waals surface area contributed by atoms with E-state index in [9.17, 15) is 4.79 Å². The summed E-state index contributed by atoms with van der Waals surface area (Å²) >= 11 is 6.04. The number of aryl methyl sites for hydroxylation is 2. The minimum Gasteiger partial charge on any atom is -0.338 e. The van der Waals surface area contributed by atoms with Gasteiger partial charge in [0, 0.05) is 6.54 Å². The molecule has 82 valence electrons. The van der Waals surface area contributed by atoms with Crippen LogP contribution in [0.3, 0.4) is 0 Å². The minimum absolute atomic E-state index is 0.230. The zero-order chi connectivity index (χ0) is 11.4. The molecule has 0 aliphatic rings. The van der Waals surface area contributed by atoms with Crippen molar-refractivity contribution in [2.75, 3.05) is 11.9 Å².